The van der Waals surface area contributed by atoms with E-state index in [4.69, 9.17) is 5.11 Å². The maximum atomic E-state index is 11.9. The van der Waals surface area contributed by atoms with Gasteiger partial charge in [0.15, 0.2) is 0 Å². The number of fused-ring (bicyclic) bond motifs is 2. The lowest BCUT2D eigenvalue weighted by Gasteiger charge is -2.31. The lowest BCUT2D eigenvalue weighted by molar-refractivity contribution is -0.384. The molecule has 2 aromatic rings. The number of likely N-dealkylation sites (N-methyl/N-ethyl adjacent to an activating group) is 1. The molecule has 11 heteroatoms. The minimum atomic E-state index is -4.37. The summed E-state index contributed by atoms with van der Waals surface area (Å²) in [6, 6.07) is 9.69. The average molecular weight is 624 g/mol. The molecule has 10 nitrogen and oxygen atoms in total. The van der Waals surface area contributed by atoms with Crippen LogP contribution in [-0.2, 0) is 25.7 Å². The van der Waals surface area contributed by atoms with Gasteiger partial charge in [-0.3, -0.25) is 19.5 Å². The first-order chi connectivity index (χ1) is 20.6. The van der Waals surface area contributed by atoms with Crippen molar-refractivity contribution in [3.8, 4) is 0 Å². The molecule has 0 spiro atoms. The molecule has 2 aliphatic rings. The molecule has 0 bridgehead atoms. The molecule has 2 heterocycles. The molecule has 4 rings (SSSR count). The first-order valence-corrected chi connectivity index (χ1v) is 16.3. The number of unbranched alkanes of at least 4 members (excludes halogenated alkanes) is 2. The van der Waals surface area contributed by atoms with Crippen LogP contribution in [0.25, 0.3) is 0 Å². The van der Waals surface area contributed by atoms with Crippen LogP contribution in [-0.4, -0.2) is 48.1 Å². The third kappa shape index (κ3) is 6.44. The molecule has 1 atom stereocenters. The van der Waals surface area contributed by atoms with Crippen molar-refractivity contribution in [1.82, 2.24) is 0 Å². The topological polar surface area (TPSA) is 141 Å². The van der Waals surface area contributed by atoms with Gasteiger partial charge in [0.1, 0.15) is 0 Å². The second-order valence-electron chi connectivity index (χ2n) is 12.4. The van der Waals surface area contributed by atoms with Crippen LogP contribution in [0.2, 0.25) is 0 Å². The number of rotatable bonds is 12. The quantitative estimate of drug-likeness (QED) is 0.0861. The highest BCUT2D eigenvalue weighted by molar-refractivity contribution is 7.85. The van der Waals surface area contributed by atoms with E-state index in [9.17, 15) is 27.9 Å². The normalized spacial score (nSPS) is 19.7. The third-order valence-corrected chi connectivity index (χ3v) is 9.66. The molecule has 0 saturated heterocycles. The number of non-ortho nitro benzene ring substituents is 1. The summed E-state index contributed by atoms with van der Waals surface area (Å²) in [4.78, 5) is 26.2. The van der Waals surface area contributed by atoms with Crippen molar-refractivity contribution in [2.75, 3.05) is 22.9 Å². The number of hydrogen-bond donors (Lipinski definition) is 2. The van der Waals surface area contributed by atoms with E-state index < -0.39 is 21.5 Å². The number of nitro groups is 1. The summed E-state index contributed by atoms with van der Waals surface area (Å²) in [5.41, 5.74) is 3.71. The highest BCUT2D eigenvalue weighted by Crippen LogP contribution is 2.49. The standard InChI is InChI=1S/C33H41N3O7S/c1-6-34-27-18-16-23(36(39)40)21-25(27)32(2,3)29(34)13-9-7-10-14-30-33(4,5)26-22-24(44(41,42)43)17-19-28(26)35(30)20-12-8-11-15-31(37)38/h7,9-10,13-14,16-19,21-22,29H,6,8,11-12,15,20H2,1-5H3,(H,37,38)(H,41,42,43). The van der Waals surface area contributed by atoms with Crippen LogP contribution in [0.4, 0.5) is 17.1 Å². The highest BCUT2D eigenvalue weighted by atomic mass is 32.2. The Labute approximate surface area is 259 Å². The Morgan fingerprint density at radius 3 is 2.34 bits per heavy atom. The Kier molecular flexibility index (Phi) is 9.41. The van der Waals surface area contributed by atoms with Gasteiger partial charge in [-0.1, -0.05) is 58.4 Å². The van der Waals surface area contributed by atoms with Crippen molar-refractivity contribution in [3.63, 3.8) is 0 Å². The van der Waals surface area contributed by atoms with Crippen LogP contribution in [0.3, 0.4) is 0 Å². The van der Waals surface area contributed by atoms with Crippen LogP contribution < -0.4 is 9.80 Å². The summed E-state index contributed by atoms with van der Waals surface area (Å²) in [6.45, 7) is 11.7. The van der Waals surface area contributed by atoms with Gasteiger partial charge in [0.25, 0.3) is 15.8 Å². The maximum absolute atomic E-state index is 11.9. The van der Waals surface area contributed by atoms with E-state index in [1.807, 2.05) is 44.2 Å². The Morgan fingerprint density at radius 2 is 1.70 bits per heavy atom. The first-order valence-electron chi connectivity index (χ1n) is 14.8. The molecule has 0 aromatic heterocycles. The lowest BCUT2D eigenvalue weighted by Crippen LogP contribution is -2.39. The maximum Gasteiger partial charge on any atom is 0.303 e. The predicted molar refractivity (Wildman–Crippen MR) is 172 cm³/mol. The van der Waals surface area contributed by atoms with Crippen molar-refractivity contribution in [3.05, 3.63) is 93.7 Å². The van der Waals surface area contributed by atoms with E-state index in [1.54, 1.807) is 18.2 Å². The zero-order valence-corrected chi connectivity index (χ0v) is 26.7. The van der Waals surface area contributed by atoms with Gasteiger partial charge in [-0.2, -0.15) is 8.42 Å². The van der Waals surface area contributed by atoms with E-state index in [0.717, 1.165) is 47.6 Å². The number of carbonyl (C=O) groups is 1. The van der Waals surface area contributed by atoms with Gasteiger partial charge in [-0.15, -0.1) is 0 Å². The fourth-order valence-electron chi connectivity index (χ4n) is 6.47. The van der Waals surface area contributed by atoms with Crippen molar-refractivity contribution >= 4 is 33.1 Å². The number of benzene rings is 2. The van der Waals surface area contributed by atoms with E-state index in [-0.39, 0.29) is 33.4 Å². The smallest absolute Gasteiger partial charge is 0.303 e. The van der Waals surface area contributed by atoms with Crippen molar-refractivity contribution in [2.24, 2.45) is 0 Å². The van der Waals surface area contributed by atoms with Crippen LogP contribution in [0.15, 0.2) is 77.4 Å². The zero-order valence-electron chi connectivity index (χ0n) is 25.9. The summed E-state index contributed by atoms with van der Waals surface area (Å²) < 4.78 is 33.5. The van der Waals surface area contributed by atoms with Gasteiger partial charge >= 0.3 is 5.97 Å². The molecule has 2 aromatic carbocycles. The monoisotopic (exact) mass is 623 g/mol. The minimum absolute atomic E-state index is 0.00450. The van der Waals surface area contributed by atoms with E-state index in [2.05, 4.69) is 36.6 Å². The largest absolute Gasteiger partial charge is 0.481 e. The third-order valence-electron chi connectivity index (χ3n) is 8.81. The fourth-order valence-corrected chi connectivity index (χ4v) is 6.98. The molecule has 0 saturated carbocycles. The number of anilines is 2. The SMILES string of the molecule is CCN1c2ccc([N+](=O)[O-])cc2C(C)(C)C1C=CC=CC=C1N(CCCCCC(=O)O)c2ccc(S(=O)(=O)O)cc2C1(C)C. The number of carboxylic acid groups (broad SMARTS) is 1. The van der Waals surface area contributed by atoms with Gasteiger partial charge in [-0.05, 0) is 61.2 Å². The first kappa shape index (κ1) is 32.9. The number of nitrogens with zero attached hydrogens (tertiary/aromatic N) is 3. The average Bonchev–Trinajstić information content (AvgIpc) is 3.29. The summed E-state index contributed by atoms with van der Waals surface area (Å²) in [6.07, 6.45) is 12.2. The Balaban J connectivity index is 1.60. The van der Waals surface area contributed by atoms with Gasteiger partial charge in [0.05, 0.1) is 15.9 Å². The molecule has 2 aliphatic heterocycles. The van der Waals surface area contributed by atoms with E-state index >= 15 is 0 Å². The van der Waals surface area contributed by atoms with Crippen molar-refractivity contribution < 1.29 is 27.8 Å². The van der Waals surface area contributed by atoms with Crippen LogP contribution >= 0.6 is 0 Å². The molecule has 0 aliphatic carbocycles. The van der Waals surface area contributed by atoms with Gasteiger partial charge in [-0.25, -0.2) is 0 Å². The Hall–Kier alpha value is -3.96. The highest BCUT2D eigenvalue weighted by Gasteiger charge is 2.43. The number of allylic oxidation sites excluding steroid dienone is 5. The summed E-state index contributed by atoms with van der Waals surface area (Å²) >= 11 is 0. The molecule has 44 heavy (non-hydrogen) atoms. The molecule has 1 unspecified atom stereocenters. The van der Waals surface area contributed by atoms with Crippen LogP contribution in [0.5, 0.6) is 0 Å². The van der Waals surface area contributed by atoms with Crippen LogP contribution in [0.1, 0.15) is 71.4 Å². The molecular formula is C33H41N3O7S. The number of nitro benzene ring substituents is 1. The molecule has 0 amide bonds. The van der Waals surface area contributed by atoms with Crippen LogP contribution in [0, 0.1) is 10.1 Å². The second-order valence-corrected chi connectivity index (χ2v) is 13.8. The second kappa shape index (κ2) is 12.6. The van der Waals surface area contributed by atoms with Gasteiger partial charge in [0.2, 0.25) is 0 Å². The Bertz CT molecular complexity index is 1640. The lowest BCUT2D eigenvalue weighted by atomic mass is 9.80. The molecule has 0 fully saturated rings. The van der Waals surface area contributed by atoms with E-state index in [1.165, 1.54) is 12.1 Å². The molecular weight excluding hydrogens is 582 g/mol. The summed E-state index contributed by atoms with van der Waals surface area (Å²) in [5, 5.41) is 20.4. The number of carboxylic acids is 1. The van der Waals surface area contributed by atoms with E-state index in [0.29, 0.717) is 13.0 Å². The van der Waals surface area contributed by atoms with Crippen molar-refractivity contribution in [1.29, 1.82) is 0 Å². The van der Waals surface area contributed by atoms with Crippen molar-refractivity contribution in [2.45, 2.75) is 82.1 Å². The zero-order chi connectivity index (χ0) is 32.4. The Morgan fingerprint density at radius 1 is 1.00 bits per heavy atom. The fraction of sp³-hybridized carbons (Fsp3) is 0.424. The molecule has 236 valence electrons. The summed E-state index contributed by atoms with van der Waals surface area (Å²) in [7, 11) is -4.37. The predicted octanol–water partition coefficient (Wildman–Crippen LogP) is 6.77. The minimum Gasteiger partial charge on any atom is -0.481 e. The van der Waals surface area contributed by atoms with Gasteiger partial charge < -0.3 is 14.9 Å². The number of aliphatic carboxylic acids is 1. The van der Waals surface area contributed by atoms with Gasteiger partial charge in [0, 0.05) is 59.5 Å². The molecule has 2 N–H and O–H groups in total. The molecule has 0 radical (unpaired) electrons. The summed E-state index contributed by atoms with van der Waals surface area (Å²) in [5.74, 6) is -0.817. The number of hydrogen-bond acceptors (Lipinski definition) is 7.